The molecule has 0 radical (unpaired) electrons. The Kier molecular flexibility index (Phi) is 13.6. The van der Waals surface area contributed by atoms with Gasteiger partial charge >= 0.3 is 17.9 Å². The van der Waals surface area contributed by atoms with Crippen molar-refractivity contribution in [1.29, 1.82) is 0 Å². The fraction of sp³-hybridized carbons (Fsp3) is 0.722. The van der Waals surface area contributed by atoms with Crippen LogP contribution in [0.3, 0.4) is 0 Å². The van der Waals surface area contributed by atoms with Crippen LogP contribution in [-0.2, 0) is 28.6 Å². The molecule has 138 valence electrons. The molecule has 0 aromatic rings. The van der Waals surface area contributed by atoms with E-state index in [1.54, 1.807) is 0 Å². The van der Waals surface area contributed by atoms with E-state index in [-0.39, 0.29) is 25.2 Å². The summed E-state index contributed by atoms with van der Waals surface area (Å²) in [5, 5.41) is 0. The van der Waals surface area contributed by atoms with E-state index >= 15 is 0 Å². The Morgan fingerprint density at radius 1 is 0.750 bits per heavy atom. The van der Waals surface area contributed by atoms with Crippen LogP contribution < -0.4 is 0 Å². The number of hydrogen-bond acceptors (Lipinski definition) is 6. The quantitative estimate of drug-likeness (QED) is 0.221. The third-order valence-corrected chi connectivity index (χ3v) is 3.12. The molecule has 0 aromatic heterocycles. The summed E-state index contributed by atoms with van der Waals surface area (Å²) in [5.41, 5.74) is -0.0332. The molecule has 0 unspecified atom stereocenters. The van der Waals surface area contributed by atoms with E-state index in [0.717, 1.165) is 44.6 Å². The Balaban J connectivity index is 4.71. The van der Waals surface area contributed by atoms with Crippen LogP contribution in [-0.4, -0.2) is 37.7 Å². The van der Waals surface area contributed by atoms with Crippen LogP contribution in [0.25, 0.3) is 0 Å². The normalized spacial score (nSPS) is 11.0. The minimum Gasteiger partial charge on any atom is -0.465 e. The minimum absolute atomic E-state index is 0.0332. The van der Waals surface area contributed by atoms with Crippen molar-refractivity contribution >= 4 is 17.9 Å². The molecule has 6 nitrogen and oxygen atoms in total. The lowest BCUT2D eigenvalue weighted by molar-refractivity contribution is -0.146. The van der Waals surface area contributed by atoms with Crippen LogP contribution >= 0.6 is 0 Å². The van der Waals surface area contributed by atoms with Gasteiger partial charge in [0, 0.05) is 6.08 Å². The van der Waals surface area contributed by atoms with E-state index in [0.29, 0.717) is 6.61 Å². The van der Waals surface area contributed by atoms with Crippen LogP contribution in [0, 0.1) is 0 Å². The molecule has 6 heteroatoms. The second-order valence-corrected chi connectivity index (χ2v) is 5.43. The highest BCUT2D eigenvalue weighted by molar-refractivity contribution is 5.99. The summed E-state index contributed by atoms with van der Waals surface area (Å²) in [6.45, 7) is 6.77. The van der Waals surface area contributed by atoms with Gasteiger partial charge in [0.25, 0.3) is 0 Å². The maximum atomic E-state index is 12.0. The van der Waals surface area contributed by atoms with E-state index in [1.165, 1.54) is 0 Å². The number of rotatable bonds is 13. The minimum atomic E-state index is -0.677. The zero-order valence-electron chi connectivity index (χ0n) is 15.1. The first-order valence-corrected chi connectivity index (χ1v) is 8.75. The number of ether oxygens (including phenoxy) is 3. The second kappa shape index (κ2) is 14.7. The van der Waals surface area contributed by atoms with Gasteiger partial charge in [0.1, 0.15) is 0 Å². The predicted molar refractivity (Wildman–Crippen MR) is 90.3 cm³/mol. The topological polar surface area (TPSA) is 78.9 Å². The van der Waals surface area contributed by atoms with E-state index in [1.807, 2.05) is 20.8 Å². The van der Waals surface area contributed by atoms with Crippen molar-refractivity contribution in [3.63, 3.8) is 0 Å². The Morgan fingerprint density at radius 3 is 1.79 bits per heavy atom. The van der Waals surface area contributed by atoms with Crippen LogP contribution in [0.4, 0.5) is 0 Å². The summed E-state index contributed by atoms with van der Waals surface area (Å²) in [6.07, 6.45) is 5.64. The summed E-state index contributed by atoms with van der Waals surface area (Å²) in [7, 11) is 0. The Morgan fingerprint density at radius 2 is 1.25 bits per heavy atom. The van der Waals surface area contributed by atoms with Gasteiger partial charge < -0.3 is 14.2 Å². The average molecular weight is 342 g/mol. The molecular formula is C18H30O6. The van der Waals surface area contributed by atoms with Gasteiger partial charge in [0.05, 0.1) is 31.8 Å². The molecule has 0 heterocycles. The van der Waals surface area contributed by atoms with Crippen molar-refractivity contribution in [3.05, 3.63) is 11.6 Å². The fourth-order valence-electron chi connectivity index (χ4n) is 1.62. The van der Waals surface area contributed by atoms with Gasteiger partial charge in [-0.05, 0) is 19.3 Å². The van der Waals surface area contributed by atoms with Crippen LogP contribution in [0.2, 0.25) is 0 Å². The number of carbonyl (C=O) groups is 3. The molecule has 0 atom stereocenters. The van der Waals surface area contributed by atoms with Gasteiger partial charge in [-0.25, -0.2) is 9.59 Å². The highest BCUT2D eigenvalue weighted by atomic mass is 16.5. The molecule has 0 aliphatic carbocycles. The van der Waals surface area contributed by atoms with Crippen molar-refractivity contribution in [1.82, 2.24) is 0 Å². The van der Waals surface area contributed by atoms with Crippen molar-refractivity contribution in [2.24, 2.45) is 0 Å². The maximum absolute atomic E-state index is 12.0. The number of carbonyl (C=O) groups excluding carboxylic acids is 3. The smallest absolute Gasteiger partial charge is 0.334 e. The second-order valence-electron chi connectivity index (χ2n) is 5.43. The molecule has 0 saturated heterocycles. The summed E-state index contributed by atoms with van der Waals surface area (Å²) in [6, 6.07) is 0. The molecule has 0 aliphatic heterocycles. The Bertz CT molecular complexity index is 414. The third kappa shape index (κ3) is 11.7. The lowest BCUT2D eigenvalue weighted by atomic mass is 10.1. The summed E-state index contributed by atoms with van der Waals surface area (Å²) in [5.74, 6) is -1.88. The first-order valence-electron chi connectivity index (χ1n) is 8.75. The summed E-state index contributed by atoms with van der Waals surface area (Å²) >= 11 is 0. The van der Waals surface area contributed by atoms with Gasteiger partial charge in [-0.3, -0.25) is 4.79 Å². The number of hydrogen-bond donors (Lipinski definition) is 0. The van der Waals surface area contributed by atoms with Gasteiger partial charge in [0.15, 0.2) is 0 Å². The molecule has 0 spiro atoms. The first kappa shape index (κ1) is 22.1. The van der Waals surface area contributed by atoms with E-state index < -0.39 is 17.9 Å². The van der Waals surface area contributed by atoms with E-state index in [9.17, 15) is 14.4 Å². The van der Waals surface area contributed by atoms with Crippen LogP contribution in [0.15, 0.2) is 11.6 Å². The van der Waals surface area contributed by atoms with Crippen LogP contribution in [0.1, 0.15) is 65.7 Å². The highest BCUT2D eigenvalue weighted by Crippen LogP contribution is 2.08. The lowest BCUT2D eigenvalue weighted by Gasteiger charge is -2.09. The monoisotopic (exact) mass is 342 g/mol. The lowest BCUT2D eigenvalue weighted by Crippen LogP contribution is -2.16. The molecule has 0 aliphatic rings. The number of esters is 3. The zero-order valence-corrected chi connectivity index (χ0v) is 15.1. The van der Waals surface area contributed by atoms with Gasteiger partial charge in [0.2, 0.25) is 0 Å². The molecule has 0 N–H and O–H groups in total. The SMILES string of the molecule is CCCCOC(=O)C=C(CC(=O)OCCCC)C(=O)OCCCC. The zero-order chi connectivity index (χ0) is 18.2. The van der Waals surface area contributed by atoms with Gasteiger partial charge in [-0.15, -0.1) is 0 Å². The molecule has 0 saturated carbocycles. The standard InChI is InChI=1S/C18H30O6/c1-4-7-10-22-16(19)13-15(18(21)24-12-9-6-3)14-17(20)23-11-8-5-2/h13H,4-12,14H2,1-3H3. The number of unbranched alkanes of at least 4 members (excludes halogenated alkanes) is 3. The Labute approximate surface area is 144 Å². The largest absolute Gasteiger partial charge is 0.465 e. The average Bonchev–Trinajstić information content (AvgIpc) is 2.55. The van der Waals surface area contributed by atoms with Crippen molar-refractivity contribution in [2.45, 2.75) is 65.7 Å². The summed E-state index contributed by atoms with van der Waals surface area (Å²) in [4.78, 5) is 35.6. The van der Waals surface area contributed by atoms with E-state index in [2.05, 4.69) is 0 Å². The molecule has 0 rings (SSSR count). The fourth-order valence-corrected chi connectivity index (χ4v) is 1.62. The molecule has 0 fully saturated rings. The summed E-state index contributed by atoms with van der Waals surface area (Å²) < 4.78 is 15.1. The predicted octanol–water partition coefficient (Wildman–Crippen LogP) is 3.33. The van der Waals surface area contributed by atoms with Gasteiger partial charge in [-0.1, -0.05) is 40.0 Å². The highest BCUT2D eigenvalue weighted by Gasteiger charge is 2.18. The van der Waals surface area contributed by atoms with E-state index in [4.69, 9.17) is 14.2 Å². The maximum Gasteiger partial charge on any atom is 0.334 e. The third-order valence-electron chi connectivity index (χ3n) is 3.12. The first-order chi connectivity index (χ1) is 11.5. The van der Waals surface area contributed by atoms with Crippen molar-refractivity contribution in [2.75, 3.05) is 19.8 Å². The van der Waals surface area contributed by atoms with Crippen molar-refractivity contribution in [3.8, 4) is 0 Å². The van der Waals surface area contributed by atoms with Crippen molar-refractivity contribution < 1.29 is 28.6 Å². The molecular weight excluding hydrogens is 312 g/mol. The molecule has 0 bridgehead atoms. The molecule has 24 heavy (non-hydrogen) atoms. The molecule has 0 amide bonds. The van der Waals surface area contributed by atoms with Crippen LogP contribution in [0.5, 0.6) is 0 Å². The Hall–Kier alpha value is -1.85. The molecule has 0 aromatic carbocycles. The van der Waals surface area contributed by atoms with Gasteiger partial charge in [-0.2, -0.15) is 0 Å².